The van der Waals surface area contributed by atoms with Crippen LogP contribution in [0.15, 0.2) is 47.6 Å². The summed E-state index contributed by atoms with van der Waals surface area (Å²) in [6, 6.07) is 11.3. The Morgan fingerprint density at radius 3 is 2.87 bits per heavy atom. The predicted octanol–water partition coefficient (Wildman–Crippen LogP) is 3.11. The van der Waals surface area contributed by atoms with Crippen LogP contribution in [0.5, 0.6) is 17.2 Å². The smallest absolute Gasteiger partial charge is 0.492 e. The number of alkyl halides is 2. The van der Waals surface area contributed by atoms with Crippen LogP contribution in [0.2, 0.25) is 0 Å². The van der Waals surface area contributed by atoms with Gasteiger partial charge >= 0.3 is 6.29 Å². The van der Waals surface area contributed by atoms with Gasteiger partial charge in [0, 0.05) is 11.8 Å². The molecule has 0 spiro atoms. The normalized spacial score (nSPS) is 13.8. The maximum atomic E-state index is 13.1. The van der Waals surface area contributed by atoms with Crippen LogP contribution in [0, 0.1) is 0 Å². The summed E-state index contributed by atoms with van der Waals surface area (Å²) in [4.78, 5) is 12.3. The average Bonchev–Trinajstić information content (AvgIpc) is 3.29. The summed E-state index contributed by atoms with van der Waals surface area (Å²) >= 11 is 1.11. The lowest BCUT2D eigenvalue weighted by Gasteiger charge is -2.10. The zero-order valence-electron chi connectivity index (χ0n) is 15.5. The van der Waals surface area contributed by atoms with Crippen molar-refractivity contribution >= 4 is 23.4 Å². The number of carbonyl (C=O) groups is 1. The van der Waals surface area contributed by atoms with Crippen molar-refractivity contribution in [2.24, 2.45) is 0 Å². The number of nitrogens with one attached hydrogen (secondary N) is 1. The molecule has 12 heteroatoms. The first kappa shape index (κ1) is 19.9. The molecule has 1 aliphatic rings. The van der Waals surface area contributed by atoms with Crippen LogP contribution in [0.25, 0.3) is 5.69 Å². The fourth-order valence-electron chi connectivity index (χ4n) is 2.68. The summed E-state index contributed by atoms with van der Waals surface area (Å²) in [5.74, 6) is -0.0302. The minimum absolute atomic E-state index is 0.0121. The second kappa shape index (κ2) is 8.14. The Morgan fingerprint density at radius 2 is 2.03 bits per heavy atom. The number of benzene rings is 2. The van der Waals surface area contributed by atoms with Crippen LogP contribution in [0.1, 0.15) is 6.92 Å². The Morgan fingerprint density at radius 1 is 1.23 bits per heavy atom. The Bertz CT molecular complexity index is 1080. The minimum Gasteiger partial charge on any atom is -0.492 e. The van der Waals surface area contributed by atoms with E-state index < -0.39 is 6.29 Å². The third-order valence-corrected chi connectivity index (χ3v) is 4.77. The maximum Gasteiger partial charge on any atom is 0.586 e. The Balaban J connectivity index is 1.41. The number of hydrogen-bond acceptors (Lipinski definition) is 8. The first-order valence-corrected chi connectivity index (χ1v) is 9.77. The molecule has 1 aliphatic heterocycles. The van der Waals surface area contributed by atoms with E-state index >= 15 is 0 Å². The number of aromatic nitrogens is 4. The quantitative estimate of drug-likeness (QED) is 0.565. The van der Waals surface area contributed by atoms with Crippen LogP contribution in [0.3, 0.4) is 0 Å². The van der Waals surface area contributed by atoms with Crippen LogP contribution in [-0.2, 0) is 4.79 Å². The van der Waals surface area contributed by atoms with Gasteiger partial charge in [-0.05, 0) is 41.6 Å². The summed E-state index contributed by atoms with van der Waals surface area (Å²) in [6.45, 7) is 2.35. The first-order chi connectivity index (χ1) is 14.4. The van der Waals surface area contributed by atoms with Crippen LogP contribution >= 0.6 is 11.8 Å². The second-order valence-corrected chi connectivity index (χ2v) is 6.88. The number of thioether (sulfide) groups is 1. The van der Waals surface area contributed by atoms with E-state index in [1.807, 2.05) is 19.1 Å². The monoisotopic (exact) mass is 435 g/mol. The Hall–Kier alpha value is -3.41. The van der Waals surface area contributed by atoms with Gasteiger partial charge in [-0.1, -0.05) is 23.9 Å². The maximum absolute atomic E-state index is 13.1. The molecule has 0 saturated carbocycles. The molecule has 0 aliphatic carbocycles. The number of hydrogen-bond donors (Lipinski definition) is 1. The van der Waals surface area contributed by atoms with Gasteiger partial charge in [0.2, 0.25) is 11.1 Å². The van der Waals surface area contributed by atoms with E-state index in [-0.39, 0.29) is 23.2 Å². The van der Waals surface area contributed by atoms with Gasteiger partial charge in [-0.2, -0.15) is 4.68 Å². The van der Waals surface area contributed by atoms with E-state index in [2.05, 4.69) is 30.3 Å². The summed E-state index contributed by atoms with van der Waals surface area (Å²) in [5, 5.41) is 14.6. The van der Waals surface area contributed by atoms with Gasteiger partial charge in [0.05, 0.1) is 12.4 Å². The lowest BCUT2D eigenvalue weighted by Crippen LogP contribution is -2.25. The standard InChI is InChI=1S/C18H15F2N5O4S/c1-2-27-13-6-4-3-5-12(13)25-17(22-23-24-25)30-10-16(26)21-11-7-8-14-15(9-11)29-18(19,20)28-14/h3-9H,2,10H2,1H3,(H,21,26). The van der Waals surface area contributed by atoms with Crippen LogP contribution < -0.4 is 19.5 Å². The van der Waals surface area contributed by atoms with Crippen molar-refractivity contribution < 1.29 is 27.8 Å². The molecule has 0 saturated heterocycles. The molecule has 30 heavy (non-hydrogen) atoms. The molecular formula is C18H15F2N5O4S. The molecule has 1 aromatic heterocycles. The molecule has 0 unspecified atom stereocenters. The number of carbonyl (C=O) groups excluding carboxylic acids is 1. The van der Waals surface area contributed by atoms with E-state index in [1.165, 1.54) is 22.9 Å². The highest BCUT2D eigenvalue weighted by Crippen LogP contribution is 2.42. The number of fused-ring (bicyclic) bond motifs is 1. The third-order valence-electron chi connectivity index (χ3n) is 3.85. The number of ether oxygens (including phenoxy) is 3. The molecule has 0 atom stereocenters. The second-order valence-electron chi connectivity index (χ2n) is 5.94. The molecule has 0 radical (unpaired) electrons. The number of rotatable bonds is 7. The van der Waals surface area contributed by atoms with Crippen LogP contribution in [-0.4, -0.2) is 44.8 Å². The molecular weight excluding hydrogens is 420 g/mol. The van der Waals surface area contributed by atoms with Crippen molar-refractivity contribution in [2.45, 2.75) is 18.4 Å². The first-order valence-electron chi connectivity index (χ1n) is 8.78. The molecule has 0 bridgehead atoms. The topological polar surface area (TPSA) is 100 Å². The summed E-state index contributed by atoms with van der Waals surface area (Å²) in [5.41, 5.74) is 0.936. The molecule has 1 N–H and O–H groups in total. The van der Waals surface area contributed by atoms with E-state index in [1.54, 1.807) is 12.1 Å². The van der Waals surface area contributed by atoms with Crippen molar-refractivity contribution in [1.29, 1.82) is 0 Å². The molecule has 3 aromatic rings. The van der Waals surface area contributed by atoms with Gasteiger partial charge in [-0.25, -0.2) is 0 Å². The molecule has 2 heterocycles. The molecule has 1 amide bonds. The van der Waals surface area contributed by atoms with Gasteiger partial charge in [0.15, 0.2) is 11.5 Å². The predicted molar refractivity (Wildman–Crippen MR) is 102 cm³/mol. The summed E-state index contributed by atoms with van der Waals surface area (Å²) in [7, 11) is 0. The minimum atomic E-state index is -3.71. The van der Waals surface area contributed by atoms with Crippen molar-refractivity contribution in [1.82, 2.24) is 20.2 Å². The van der Waals surface area contributed by atoms with Crippen molar-refractivity contribution in [3.8, 4) is 22.9 Å². The third kappa shape index (κ3) is 4.27. The number of tetrazole rings is 1. The van der Waals surface area contributed by atoms with E-state index in [9.17, 15) is 13.6 Å². The van der Waals surface area contributed by atoms with E-state index in [0.717, 1.165) is 11.8 Å². The molecule has 156 valence electrons. The highest BCUT2D eigenvalue weighted by Gasteiger charge is 2.43. The largest absolute Gasteiger partial charge is 0.586 e. The molecule has 0 fully saturated rings. The van der Waals surface area contributed by atoms with Crippen molar-refractivity contribution in [2.75, 3.05) is 17.7 Å². The molecule has 2 aromatic carbocycles. The molecule has 4 rings (SSSR count). The SMILES string of the molecule is CCOc1ccccc1-n1nnnc1SCC(=O)Nc1ccc2c(c1)OC(F)(F)O2. The lowest BCUT2D eigenvalue weighted by molar-refractivity contribution is -0.286. The lowest BCUT2D eigenvalue weighted by atomic mass is 10.3. The summed E-state index contributed by atoms with van der Waals surface area (Å²) in [6.07, 6.45) is -3.71. The van der Waals surface area contributed by atoms with Crippen LogP contribution in [0.4, 0.5) is 14.5 Å². The Kier molecular flexibility index (Phi) is 5.40. The van der Waals surface area contributed by atoms with Crippen molar-refractivity contribution in [3.63, 3.8) is 0 Å². The number of para-hydroxylation sites is 2. The highest BCUT2D eigenvalue weighted by atomic mass is 32.2. The number of amides is 1. The molecule has 9 nitrogen and oxygen atoms in total. The number of halogens is 2. The van der Waals surface area contributed by atoms with Gasteiger partial charge in [-0.15, -0.1) is 13.9 Å². The zero-order chi connectivity index (χ0) is 21.1. The van der Waals surface area contributed by atoms with Gasteiger partial charge in [0.1, 0.15) is 11.4 Å². The highest BCUT2D eigenvalue weighted by molar-refractivity contribution is 7.99. The van der Waals surface area contributed by atoms with E-state index in [4.69, 9.17) is 4.74 Å². The zero-order valence-corrected chi connectivity index (χ0v) is 16.4. The number of nitrogens with zero attached hydrogens (tertiary/aromatic N) is 4. The van der Waals surface area contributed by atoms with Gasteiger partial charge in [0.25, 0.3) is 0 Å². The number of anilines is 1. The van der Waals surface area contributed by atoms with E-state index in [0.29, 0.717) is 28.9 Å². The van der Waals surface area contributed by atoms with Gasteiger partial charge < -0.3 is 19.5 Å². The Labute approximate surface area is 173 Å². The fraction of sp³-hybridized carbons (Fsp3) is 0.222. The summed E-state index contributed by atoms with van der Waals surface area (Å²) < 4.78 is 42.0. The van der Waals surface area contributed by atoms with Crippen molar-refractivity contribution in [3.05, 3.63) is 42.5 Å². The average molecular weight is 435 g/mol. The van der Waals surface area contributed by atoms with Gasteiger partial charge in [-0.3, -0.25) is 4.79 Å². The fourth-order valence-corrected chi connectivity index (χ4v) is 3.37.